The molecule has 1 aromatic heterocycles. The summed E-state index contributed by atoms with van der Waals surface area (Å²) < 4.78 is 0. The number of carbonyl (C=O) groups is 2. The number of nitrogens with one attached hydrogen (secondary N) is 2. The molecule has 1 spiro atoms. The summed E-state index contributed by atoms with van der Waals surface area (Å²) in [6, 6.07) is 23.9. The number of hydrogen-bond acceptors (Lipinski definition) is 4. The highest BCUT2D eigenvalue weighted by atomic mass is 35.5. The molecule has 0 radical (unpaired) electrons. The average molecular weight is 537 g/mol. The van der Waals surface area contributed by atoms with E-state index in [-0.39, 0.29) is 29.7 Å². The maximum atomic E-state index is 14.9. The minimum Gasteiger partial charge on any atom is -0.335 e. The number of para-hydroxylation sites is 2. The van der Waals surface area contributed by atoms with Gasteiger partial charge in [-0.05, 0) is 61.1 Å². The van der Waals surface area contributed by atoms with Crippen LogP contribution in [0, 0.1) is 11.8 Å². The number of ketones is 1. The topological polar surface area (TPSA) is 78.1 Å². The van der Waals surface area contributed by atoms with Gasteiger partial charge in [0.1, 0.15) is 5.54 Å². The number of amides is 1. The number of aromatic nitrogens is 2. The van der Waals surface area contributed by atoms with E-state index in [2.05, 4.69) is 27.3 Å². The summed E-state index contributed by atoms with van der Waals surface area (Å²) in [5.41, 5.74) is 3.08. The summed E-state index contributed by atoms with van der Waals surface area (Å²) in [4.78, 5) is 39.8. The van der Waals surface area contributed by atoms with Gasteiger partial charge in [-0.25, -0.2) is 4.98 Å². The maximum absolute atomic E-state index is 14.9. The molecule has 3 aliphatic heterocycles. The largest absolute Gasteiger partial charge is 0.335 e. The molecule has 1 amide bonds. The maximum Gasteiger partial charge on any atom is 0.250 e. The smallest absolute Gasteiger partial charge is 0.250 e. The van der Waals surface area contributed by atoms with Crippen LogP contribution in [0.4, 0.5) is 5.69 Å². The predicted molar refractivity (Wildman–Crippen MR) is 151 cm³/mol. The van der Waals surface area contributed by atoms with E-state index < -0.39 is 11.5 Å². The fourth-order valence-electron chi connectivity index (χ4n) is 8.49. The molecule has 0 bridgehead atoms. The third-order valence-corrected chi connectivity index (χ3v) is 10.1. The number of benzene rings is 3. The highest BCUT2D eigenvalue weighted by Crippen LogP contribution is 2.64. The Morgan fingerprint density at radius 1 is 0.974 bits per heavy atom. The lowest BCUT2D eigenvalue weighted by Gasteiger charge is -2.42. The SMILES string of the molecule is O=C(c1nc2ccccc2[nH]1)[C@H]1[C@H](c2ccccc2)C2CC3CCCCC3N2[C@]12C(=O)Nc1ccc(Cl)cc12. The second kappa shape index (κ2) is 8.51. The molecule has 4 heterocycles. The van der Waals surface area contributed by atoms with Gasteiger partial charge in [-0.2, -0.15) is 0 Å². The van der Waals surface area contributed by atoms with Crippen LogP contribution in [0.3, 0.4) is 0 Å². The number of anilines is 1. The molecule has 6 atom stereocenters. The molecule has 4 aliphatic rings. The first-order valence-corrected chi connectivity index (χ1v) is 14.4. The Balaban J connectivity index is 1.40. The van der Waals surface area contributed by atoms with Crippen molar-refractivity contribution in [3.63, 3.8) is 0 Å². The van der Waals surface area contributed by atoms with Crippen molar-refractivity contribution >= 4 is 40.0 Å². The Morgan fingerprint density at radius 2 is 1.77 bits per heavy atom. The zero-order valence-corrected chi connectivity index (χ0v) is 22.2. The standard InChI is InChI=1S/C32H29ClN4O2/c33-20-14-15-22-21(17-20)32(31(39)36-22)28(29(38)30-34-23-11-5-6-12-24(23)35-30)27(18-8-2-1-3-9-18)26-16-19-10-4-7-13-25(19)37(26)32/h1-3,5-6,8-9,11-12,14-15,17,19,25-28H,4,7,10,13,16H2,(H,34,35)(H,36,39)/t19?,25?,26?,27-,28-,32+/m1/s1. The van der Waals surface area contributed by atoms with Crippen LogP contribution in [-0.2, 0) is 10.3 Å². The van der Waals surface area contributed by atoms with Crippen molar-refractivity contribution in [2.24, 2.45) is 11.8 Å². The van der Waals surface area contributed by atoms with Gasteiger partial charge in [0.05, 0.1) is 17.0 Å². The number of nitrogens with zero attached hydrogens (tertiary/aromatic N) is 2. The molecule has 196 valence electrons. The van der Waals surface area contributed by atoms with Crippen molar-refractivity contribution < 1.29 is 9.59 Å². The van der Waals surface area contributed by atoms with Crippen molar-refractivity contribution in [3.8, 4) is 0 Å². The molecule has 7 heteroatoms. The van der Waals surface area contributed by atoms with Gasteiger partial charge >= 0.3 is 0 Å². The molecule has 8 rings (SSSR count). The van der Waals surface area contributed by atoms with Gasteiger partial charge in [0.2, 0.25) is 11.7 Å². The fraction of sp³-hybridized carbons (Fsp3) is 0.344. The summed E-state index contributed by atoms with van der Waals surface area (Å²) in [7, 11) is 0. The van der Waals surface area contributed by atoms with Crippen LogP contribution in [0.25, 0.3) is 11.0 Å². The van der Waals surface area contributed by atoms with Crippen LogP contribution in [0.2, 0.25) is 5.02 Å². The normalized spacial score (nSPS) is 31.3. The number of aromatic amines is 1. The van der Waals surface area contributed by atoms with Crippen LogP contribution in [0.5, 0.6) is 0 Å². The van der Waals surface area contributed by atoms with Crippen molar-refractivity contribution in [3.05, 3.63) is 94.8 Å². The quantitative estimate of drug-likeness (QED) is 0.301. The lowest BCUT2D eigenvalue weighted by Crippen LogP contribution is -2.56. The molecule has 1 aliphatic carbocycles. The van der Waals surface area contributed by atoms with Gasteiger partial charge in [-0.3, -0.25) is 14.5 Å². The number of fused-ring (bicyclic) bond motifs is 7. The summed E-state index contributed by atoms with van der Waals surface area (Å²) in [5, 5.41) is 3.75. The highest BCUT2D eigenvalue weighted by molar-refractivity contribution is 6.31. The molecule has 39 heavy (non-hydrogen) atoms. The van der Waals surface area contributed by atoms with Gasteiger partial charge in [-0.1, -0.05) is 66.9 Å². The molecule has 4 aromatic rings. The lowest BCUT2D eigenvalue weighted by molar-refractivity contribution is -0.129. The van der Waals surface area contributed by atoms with E-state index in [0.29, 0.717) is 16.8 Å². The van der Waals surface area contributed by atoms with Crippen LogP contribution in [0.15, 0.2) is 72.8 Å². The molecular formula is C32H29ClN4O2. The number of halogens is 1. The number of imidazole rings is 1. The zero-order valence-electron chi connectivity index (χ0n) is 21.4. The zero-order chi connectivity index (χ0) is 26.3. The first kappa shape index (κ1) is 23.4. The van der Waals surface area contributed by atoms with Gasteiger partial charge in [0, 0.05) is 34.3 Å². The van der Waals surface area contributed by atoms with Crippen LogP contribution >= 0.6 is 11.6 Å². The minimum absolute atomic E-state index is 0.0644. The summed E-state index contributed by atoms with van der Waals surface area (Å²) >= 11 is 6.60. The van der Waals surface area contributed by atoms with E-state index in [1.54, 1.807) is 0 Å². The summed E-state index contributed by atoms with van der Waals surface area (Å²) in [6.45, 7) is 0. The fourth-order valence-corrected chi connectivity index (χ4v) is 8.66. The van der Waals surface area contributed by atoms with Crippen LogP contribution in [-0.4, -0.2) is 38.6 Å². The Kier molecular flexibility index (Phi) is 5.11. The summed E-state index contributed by atoms with van der Waals surface area (Å²) in [5.74, 6) is -0.230. The first-order chi connectivity index (χ1) is 19.1. The van der Waals surface area contributed by atoms with E-state index in [4.69, 9.17) is 16.6 Å². The van der Waals surface area contributed by atoms with E-state index in [0.717, 1.165) is 47.1 Å². The van der Waals surface area contributed by atoms with Crippen molar-refractivity contribution in [1.82, 2.24) is 14.9 Å². The van der Waals surface area contributed by atoms with E-state index in [1.165, 1.54) is 12.8 Å². The first-order valence-electron chi connectivity index (χ1n) is 14.0. The number of hydrogen-bond donors (Lipinski definition) is 2. The van der Waals surface area contributed by atoms with E-state index in [1.807, 2.05) is 60.7 Å². The van der Waals surface area contributed by atoms with Gasteiger partial charge in [0.25, 0.3) is 0 Å². The van der Waals surface area contributed by atoms with E-state index in [9.17, 15) is 9.59 Å². The third kappa shape index (κ3) is 3.16. The van der Waals surface area contributed by atoms with Crippen molar-refractivity contribution in [2.45, 2.75) is 55.6 Å². The second-order valence-electron chi connectivity index (χ2n) is 11.6. The predicted octanol–water partition coefficient (Wildman–Crippen LogP) is 6.29. The third-order valence-electron chi connectivity index (χ3n) is 9.84. The Hall–Kier alpha value is -3.48. The van der Waals surface area contributed by atoms with Crippen molar-refractivity contribution in [1.29, 1.82) is 0 Å². The second-order valence-corrected chi connectivity index (χ2v) is 12.0. The Bertz CT molecular complexity index is 1600. The molecule has 3 aromatic carbocycles. The van der Waals surface area contributed by atoms with Crippen LogP contribution < -0.4 is 5.32 Å². The molecule has 3 unspecified atom stereocenters. The van der Waals surface area contributed by atoms with Crippen LogP contribution in [0.1, 0.15) is 59.8 Å². The summed E-state index contributed by atoms with van der Waals surface area (Å²) in [6.07, 6.45) is 5.56. The van der Waals surface area contributed by atoms with E-state index >= 15 is 0 Å². The average Bonchev–Trinajstić information content (AvgIpc) is 3.69. The minimum atomic E-state index is -1.15. The Morgan fingerprint density at radius 3 is 2.62 bits per heavy atom. The van der Waals surface area contributed by atoms with Gasteiger partial charge in [-0.15, -0.1) is 0 Å². The van der Waals surface area contributed by atoms with Gasteiger partial charge in [0.15, 0.2) is 5.82 Å². The number of Topliss-reactive ketones (excluding diaryl/α,β-unsaturated/α-hetero) is 1. The number of carbonyl (C=O) groups excluding carboxylic acids is 2. The molecule has 2 N–H and O–H groups in total. The molecule has 3 fully saturated rings. The molecule has 6 nitrogen and oxygen atoms in total. The molecule has 2 saturated heterocycles. The lowest BCUT2D eigenvalue weighted by atomic mass is 9.68. The molecular weight excluding hydrogens is 508 g/mol. The monoisotopic (exact) mass is 536 g/mol. The molecule has 1 saturated carbocycles. The van der Waals surface area contributed by atoms with Gasteiger partial charge < -0.3 is 10.3 Å². The highest BCUT2D eigenvalue weighted by Gasteiger charge is 2.72. The number of H-pyrrole nitrogens is 1. The number of rotatable bonds is 3. The van der Waals surface area contributed by atoms with Crippen molar-refractivity contribution in [2.75, 3.05) is 5.32 Å². The Labute approximate surface area is 231 Å².